The number of nitrogens with zero attached hydrogens (tertiary/aromatic N) is 2. The smallest absolute Gasteiger partial charge is 0.227 e. The van der Waals surface area contributed by atoms with E-state index in [0.717, 1.165) is 6.42 Å². The first-order valence-electron chi connectivity index (χ1n) is 5.63. The standard InChI is InChI=1S/C10H19N3O3S/c1-4-9-12-10(16-13-9)5-6-11-8(2)7-17(3,14)15/h8,11H,4-7H2,1-3H3/t8-/m0/s1. The molecule has 17 heavy (non-hydrogen) atoms. The molecule has 1 aromatic rings. The highest BCUT2D eigenvalue weighted by atomic mass is 32.2. The fraction of sp³-hybridized carbons (Fsp3) is 0.800. The molecule has 1 rings (SSSR count). The van der Waals surface area contributed by atoms with E-state index in [0.29, 0.717) is 24.7 Å². The molecule has 1 heterocycles. The Morgan fingerprint density at radius 2 is 2.18 bits per heavy atom. The molecule has 0 aliphatic heterocycles. The van der Waals surface area contributed by atoms with E-state index in [-0.39, 0.29) is 11.8 Å². The number of hydrogen-bond donors (Lipinski definition) is 1. The summed E-state index contributed by atoms with van der Waals surface area (Å²) in [6.07, 6.45) is 2.60. The Labute approximate surface area is 102 Å². The van der Waals surface area contributed by atoms with E-state index in [2.05, 4.69) is 15.5 Å². The van der Waals surface area contributed by atoms with E-state index < -0.39 is 9.84 Å². The van der Waals surface area contributed by atoms with Gasteiger partial charge in [-0.15, -0.1) is 0 Å². The largest absolute Gasteiger partial charge is 0.339 e. The van der Waals surface area contributed by atoms with Gasteiger partial charge in [0, 0.05) is 31.7 Å². The molecule has 1 N–H and O–H groups in total. The summed E-state index contributed by atoms with van der Waals surface area (Å²) < 4.78 is 27.1. The lowest BCUT2D eigenvalue weighted by atomic mass is 10.3. The van der Waals surface area contributed by atoms with Crippen LogP contribution in [0.3, 0.4) is 0 Å². The summed E-state index contributed by atoms with van der Waals surface area (Å²) in [6, 6.07) is -0.0708. The van der Waals surface area contributed by atoms with Gasteiger partial charge >= 0.3 is 0 Å². The summed E-state index contributed by atoms with van der Waals surface area (Å²) in [5, 5.41) is 6.89. The minimum atomic E-state index is -2.93. The zero-order chi connectivity index (χ0) is 12.9. The fourth-order valence-corrected chi connectivity index (χ4v) is 2.50. The van der Waals surface area contributed by atoms with Crippen LogP contribution in [0.5, 0.6) is 0 Å². The Kier molecular flexibility index (Phi) is 5.07. The van der Waals surface area contributed by atoms with Gasteiger partial charge in [-0.3, -0.25) is 0 Å². The minimum absolute atomic E-state index is 0.0708. The topological polar surface area (TPSA) is 85.1 Å². The van der Waals surface area contributed by atoms with E-state index in [1.165, 1.54) is 6.26 Å². The van der Waals surface area contributed by atoms with E-state index in [1.54, 1.807) is 0 Å². The molecule has 0 unspecified atom stereocenters. The third-order valence-electron chi connectivity index (χ3n) is 2.21. The highest BCUT2D eigenvalue weighted by molar-refractivity contribution is 7.90. The van der Waals surface area contributed by atoms with Crippen molar-refractivity contribution in [1.82, 2.24) is 15.5 Å². The van der Waals surface area contributed by atoms with Gasteiger partial charge in [-0.05, 0) is 6.92 Å². The SMILES string of the molecule is CCc1noc(CCN[C@@H](C)CS(C)(=O)=O)n1. The van der Waals surface area contributed by atoms with Crippen molar-refractivity contribution in [1.29, 1.82) is 0 Å². The van der Waals surface area contributed by atoms with Gasteiger partial charge in [0.1, 0.15) is 9.84 Å². The number of nitrogens with one attached hydrogen (secondary N) is 1. The Bertz CT molecular complexity index is 441. The first kappa shape index (κ1) is 14.1. The van der Waals surface area contributed by atoms with Gasteiger partial charge in [0.15, 0.2) is 5.82 Å². The van der Waals surface area contributed by atoms with Crippen LogP contribution < -0.4 is 5.32 Å². The summed E-state index contributed by atoms with van der Waals surface area (Å²) >= 11 is 0. The van der Waals surface area contributed by atoms with Crippen molar-refractivity contribution in [2.45, 2.75) is 32.7 Å². The zero-order valence-electron chi connectivity index (χ0n) is 10.4. The molecule has 0 fully saturated rings. The number of rotatable bonds is 7. The molecular weight excluding hydrogens is 242 g/mol. The number of hydrogen-bond acceptors (Lipinski definition) is 6. The summed E-state index contributed by atoms with van der Waals surface area (Å²) in [7, 11) is -2.93. The van der Waals surface area contributed by atoms with E-state index in [9.17, 15) is 8.42 Å². The van der Waals surface area contributed by atoms with Gasteiger partial charge < -0.3 is 9.84 Å². The highest BCUT2D eigenvalue weighted by Crippen LogP contribution is 1.98. The molecule has 1 atom stereocenters. The van der Waals surface area contributed by atoms with E-state index >= 15 is 0 Å². The van der Waals surface area contributed by atoms with Crippen molar-refractivity contribution in [2.24, 2.45) is 0 Å². The minimum Gasteiger partial charge on any atom is -0.339 e. The maximum Gasteiger partial charge on any atom is 0.227 e. The van der Waals surface area contributed by atoms with Gasteiger partial charge in [-0.2, -0.15) is 4.98 Å². The molecule has 0 aliphatic carbocycles. The van der Waals surface area contributed by atoms with Crippen LogP contribution in [0.4, 0.5) is 0 Å². The molecule has 0 radical (unpaired) electrons. The maximum absolute atomic E-state index is 11.0. The van der Waals surface area contributed by atoms with Crippen LogP contribution in [-0.2, 0) is 22.7 Å². The number of sulfone groups is 1. The second-order valence-corrected chi connectivity index (χ2v) is 6.34. The van der Waals surface area contributed by atoms with Gasteiger partial charge in [-0.1, -0.05) is 12.1 Å². The van der Waals surface area contributed by atoms with Crippen LogP contribution in [0.15, 0.2) is 4.52 Å². The van der Waals surface area contributed by atoms with Crippen LogP contribution >= 0.6 is 0 Å². The third kappa shape index (κ3) is 5.78. The Morgan fingerprint density at radius 1 is 1.47 bits per heavy atom. The molecule has 0 saturated heterocycles. The normalized spacial score (nSPS) is 13.8. The number of aromatic nitrogens is 2. The Hall–Kier alpha value is -0.950. The van der Waals surface area contributed by atoms with Crippen molar-refractivity contribution in [3.05, 3.63) is 11.7 Å². The lowest BCUT2D eigenvalue weighted by Gasteiger charge is -2.11. The Morgan fingerprint density at radius 3 is 2.71 bits per heavy atom. The molecule has 0 aliphatic rings. The molecule has 0 aromatic carbocycles. The third-order valence-corrected chi connectivity index (χ3v) is 3.32. The van der Waals surface area contributed by atoms with Crippen LogP contribution in [0.2, 0.25) is 0 Å². The quantitative estimate of drug-likeness (QED) is 0.754. The van der Waals surface area contributed by atoms with Gasteiger partial charge in [0.2, 0.25) is 5.89 Å². The summed E-state index contributed by atoms with van der Waals surface area (Å²) in [4.78, 5) is 4.16. The molecule has 7 heteroatoms. The monoisotopic (exact) mass is 261 g/mol. The second kappa shape index (κ2) is 6.11. The van der Waals surface area contributed by atoms with Crippen molar-refractivity contribution >= 4 is 9.84 Å². The average Bonchev–Trinajstić information content (AvgIpc) is 2.63. The van der Waals surface area contributed by atoms with E-state index in [1.807, 2.05) is 13.8 Å². The van der Waals surface area contributed by atoms with Crippen LogP contribution in [0.25, 0.3) is 0 Å². The molecule has 0 saturated carbocycles. The summed E-state index contributed by atoms with van der Waals surface area (Å²) in [6.45, 7) is 4.43. The lowest BCUT2D eigenvalue weighted by molar-refractivity contribution is 0.369. The highest BCUT2D eigenvalue weighted by Gasteiger charge is 2.10. The molecule has 0 amide bonds. The molecule has 98 valence electrons. The molecule has 0 bridgehead atoms. The summed E-state index contributed by atoms with van der Waals surface area (Å²) in [5.41, 5.74) is 0. The van der Waals surface area contributed by atoms with Crippen LogP contribution in [0, 0.1) is 0 Å². The average molecular weight is 261 g/mol. The van der Waals surface area contributed by atoms with Gasteiger partial charge in [-0.25, -0.2) is 8.42 Å². The fourth-order valence-electron chi connectivity index (χ4n) is 1.47. The first-order chi connectivity index (χ1) is 7.90. The van der Waals surface area contributed by atoms with Crippen molar-refractivity contribution in [2.75, 3.05) is 18.6 Å². The molecule has 1 aromatic heterocycles. The maximum atomic E-state index is 11.0. The van der Waals surface area contributed by atoms with Crippen LogP contribution in [0.1, 0.15) is 25.6 Å². The van der Waals surface area contributed by atoms with Crippen molar-refractivity contribution in [3.63, 3.8) is 0 Å². The number of aryl methyl sites for hydroxylation is 1. The Balaban J connectivity index is 2.28. The predicted octanol–water partition coefficient (Wildman–Crippen LogP) is 0.197. The zero-order valence-corrected chi connectivity index (χ0v) is 11.2. The predicted molar refractivity (Wildman–Crippen MR) is 64.6 cm³/mol. The van der Waals surface area contributed by atoms with Gasteiger partial charge in [0.05, 0.1) is 5.75 Å². The first-order valence-corrected chi connectivity index (χ1v) is 7.69. The molecular formula is C10H19N3O3S. The lowest BCUT2D eigenvalue weighted by Crippen LogP contribution is -2.34. The van der Waals surface area contributed by atoms with Crippen molar-refractivity contribution < 1.29 is 12.9 Å². The van der Waals surface area contributed by atoms with Crippen LogP contribution in [-0.4, -0.2) is 43.2 Å². The van der Waals surface area contributed by atoms with Gasteiger partial charge in [0.25, 0.3) is 0 Å². The summed E-state index contributed by atoms with van der Waals surface area (Å²) in [5.74, 6) is 1.42. The molecule has 0 spiro atoms. The van der Waals surface area contributed by atoms with E-state index in [4.69, 9.17) is 4.52 Å². The van der Waals surface area contributed by atoms with Crippen molar-refractivity contribution in [3.8, 4) is 0 Å². The second-order valence-electron chi connectivity index (χ2n) is 4.16. The molecule has 6 nitrogen and oxygen atoms in total.